The summed E-state index contributed by atoms with van der Waals surface area (Å²) in [6, 6.07) is 7.31. The molecule has 0 aliphatic heterocycles. The van der Waals surface area contributed by atoms with E-state index < -0.39 is 0 Å². The van der Waals surface area contributed by atoms with Crippen LogP contribution in [-0.2, 0) is 13.6 Å². The van der Waals surface area contributed by atoms with Gasteiger partial charge in [0.15, 0.2) is 0 Å². The molecule has 4 nitrogen and oxygen atoms in total. The third-order valence-electron chi connectivity index (χ3n) is 2.75. The van der Waals surface area contributed by atoms with Gasteiger partial charge in [-0.1, -0.05) is 15.9 Å². The standard InChI is InChI=1S/C14H15BrN2O2/c1-17-6-5-10(9-17)8-16-14(18)12-4-3-11(15)7-13(12)19-2/h3-7,9H,8H2,1-2H3,(H,16,18). The predicted molar refractivity (Wildman–Crippen MR) is 77.3 cm³/mol. The fraction of sp³-hybridized carbons (Fsp3) is 0.214. The number of methoxy groups -OCH3 is 1. The molecule has 19 heavy (non-hydrogen) atoms. The minimum Gasteiger partial charge on any atom is -0.496 e. The van der Waals surface area contributed by atoms with Gasteiger partial charge in [0, 0.05) is 30.5 Å². The Morgan fingerprint density at radius 2 is 2.21 bits per heavy atom. The molecule has 0 fully saturated rings. The van der Waals surface area contributed by atoms with Crippen LogP contribution in [0.25, 0.3) is 0 Å². The molecule has 5 heteroatoms. The maximum atomic E-state index is 12.1. The van der Waals surface area contributed by atoms with E-state index in [1.807, 2.05) is 36.1 Å². The Bertz CT molecular complexity index is 593. The van der Waals surface area contributed by atoms with Crippen LogP contribution in [0.1, 0.15) is 15.9 Å². The third-order valence-corrected chi connectivity index (χ3v) is 3.25. The lowest BCUT2D eigenvalue weighted by Crippen LogP contribution is -2.23. The average Bonchev–Trinajstić information content (AvgIpc) is 2.81. The summed E-state index contributed by atoms with van der Waals surface area (Å²) in [5, 5.41) is 2.88. The van der Waals surface area contributed by atoms with Gasteiger partial charge < -0.3 is 14.6 Å². The summed E-state index contributed by atoms with van der Waals surface area (Å²) in [6.45, 7) is 0.499. The normalized spacial score (nSPS) is 10.3. The van der Waals surface area contributed by atoms with Crippen molar-refractivity contribution in [3.63, 3.8) is 0 Å². The molecule has 0 aliphatic rings. The summed E-state index contributed by atoms with van der Waals surface area (Å²) in [7, 11) is 3.50. The van der Waals surface area contributed by atoms with Crippen molar-refractivity contribution in [3.8, 4) is 5.75 Å². The number of ether oxygens (including phenoxy) is 1. The fourth-order valence-corrected chi connectivity index (χ4v) is 2.14. The van der Waals surface area contributed by atoms with Crippen LogP contribution in [0.3, 0.4) is 0 Å². The quantitative estimate of drug-likeness (QED) is 0.940. The van der Waals surface area contributed by atoms with Gasteiger partial charge in [-0.25, -0.2) is 0 Å². The van der Waals surface area contributed by atoms with E-state index in [1.165, 1.54) is 0 Å². The maximum Gasteiger partial charge on any atom is 0.255 e. The second-order valence-corrected chi connectivity index (χ2v) is 5.13. The van der Waals surface area contributed by atoms with Crippen LogP contribution >= 0.6 is 15.9 Å². The maximum absolute atomic E-state index is 12.1. The Hall–Kier alpha value is -1.75. The van der Waals surface area contributed by atoms with E-state index in [2.05, 4.69) is 21.2 Å². The zero-order valence-electron chi connectivity index (χ0n) is 10.8. The number of nitrogens with zero attached hydrogens (tertiary/aromatic N) is 1. The number of halogens is 1. The van der Waals surface area contributed by atoms with Crippen LogP contribution in [0.5, 0.6) is 5.75 Å². The zero-order chi connectivity index (χ0) is 13.8. The molecule has 0 unspecified atom stereocenters. The van der Waals surface area contributed by atoms with Gasteiger partial charge in [-0.05, 0) is 29.8 Å². The van der Waals surface area contributed by atoms with Gasteiger partial charge in [0.1, 0.15) is 5.75 Å². The van der Waals surface area contributed by atoms with Gasteiger partial charge in [-0.3, -0.25) is 4.79 Å². The monoisotopic (exact) mass is 322 g/mol. The number of amides is 1. The first-order chi connectivity index (χ1) is 9.10. The van der Waals surface area contributed by atoms with Gasteiger partial charge in [-0.15, -0.1) is 0 Å². The SMILES string of the molecule is COc1cc(Br)ccc1C(=O)NCc1ccn(C)c1. The molecule has 0 atom stereocenters. The van der Waals surface area contributed by atoms with Crippen LogP contribution < -0.4 is 10.1 Å². The number of carbonyl (C=O) groups is 1. The Morgan fingerprint density at radius 1 is 1.42 bits per heavy atom. The number of nitrogens with one attached hydrogen (secondary N) is 1. The van der Waals surface area contributed by atoms with Gasteiger partial charge in [0.2, 0.25) is 0 Å². The summed E-state index contributed by atoms with van der Waals surface area (Å²) >= 11 is 3.35. The molecule has 0 bridgehead atoms. The lowest BCUT2D eigenvalue weighted by atomic mass is 10.2. The molecule has 0 saturated carbocycles. The van der Waals surface area contributed by atoms with E-state index >= 15 is 0 Å². The van der Waals surface area contributed by atoms with Crippen molar-refractivity contribution in [1.29, 1.82) is 0 Å². The number of aryl methyl sites for hydroxylation is 1. The highest BCUT2D eigenvalue weighted by Gasteiger charge is 2.12. The van der Waals surface area contributed by atoms with E-state index in [-0.39, 0.29) is 5.91 Å². The highest BCUT2D eigenvalue weighted by Crippen LogP contribution is 2.23. The summed E-state index contributed by atoms with van der Waals surface area (Å²) in [5.74, 6) is 0.410. The molecule has 1 amide bonds. The molecule has 1 aromatic carbocycles. The van der Waals surface area contributed by atoms with Crippen molar-refractivity contribution < 1.29 is 9.53 Å². The molecule has 1 N–H and O–H groups in total. The van der Waals surface area contributed by atoms with Crippen molar-refractivity contribution in [3.05, 3.63) is 52.3 Å². The molecular formula is C14H15BrN2O2. The first-order valence-electron chi connectivity index (χ1n) is 5.82. The van der Waals surface area contributed by atoms with Crippen LogP contribution in [0, 0.1) is 0 Å². The molecular weight excluding hydrogens is 308 g/mol. The second kappa shape index (κ2) is 5.93. The van der Waals surface area contributed by atoms with Gasteiger partial charge in [-0.2, -0.15) is 0 Å². The lowest BCUT2D eigenvalue weighted by Gasteiger charge is -2.09. The van der Waals surface area contributed by atoms with Crippen LogP contribution in [0.15, 0.2) is 41.1 Å². The number of benzene rings is 1. The van der Waals surface area contributed by atoms with E-state index in [9.17, 15) is 4.79 Å². The molecule has 0 aliphatic carbocycles. The lowest BCUT2D eigenvalue weighted by molar-refractivity contribution is 0.0948. The Balaban J connectivity index is 2.07. The highest BCUT2D eigenvalue weighted by molar-refractivity contribution is 9.10. The van der Waals surface area contributed by atoms with E-state index in [0.29, 0.717) is 17.9 Å². The van der Waals surface area contributed by atoms with E-state index in [1.54, 1.807) is 19.2 Å². The van der Waals surface area contributed by atoms with Crippen LogP contribution in [0.2, 0.25) is 0 Å². The number of aromatic nitrogens is 1. The molecule has 1 heterocycles. The van der Waals surface area contributed by atoms with Crippen molar-refractivity contribution in [2.24, 2.45) is 7.05 Å². The number of rotatable bonds is 4. The first kappa shape index (κ1) is 13.7. The van der Waals surface area contributed by atoms with Crippen molar-refractivity contribution in [1.82, 2.24) is 9.88 Å². The average molecular weight is 323 g/mol. The number of hydrogen-bond donors (Lipinski definition) is 1. The Labute approximate surface area is 120 Å². The molecule has 0 spiro atoms. The molecule has 100 valence electrons. The largest absolute Gasteiger partial charge is 0.496 e. The summed E-state index contributed by atoms with van der Waals surface area (Å²) in [5.41, 5.74) is 1.59. The molecule has 2 aromatic rings. The van der Waals surface area contributed by atoms with Gasteiger partial charge >= 0.3 is 0 Å². The van der Waals surface area contributed by atoms with Crippen molar-refractivity contribution in [2.45, 2.75) is 6.54 Å². The molecule has 0 radical (unpaired) electrons. The highest BCUT2D eigenvalue weighted by atomic mass is 79.9. The predicted octanol–water partition coefficient (Wildman–Crippen LogP) is 2.73. The fourth-order valence-electron chi connectivity index (χ4n) is 1.80. The van der Waals surface area contributed by atoms with Crippen molar-refractivity contribution >= 4 is 21.8 Å². The Kier molecular flexibility index (Phi) is 4.27. The van der Waals surface area contributed by atoms with Crippen LogP contribution in [-0.4, -0.2) is 17.6 Å². The molecule has 1 aromatic heterocycles. The van der Waals surface area contributed by atoms with Gasteiger partial charge in [0.25, 0.3) is 5.91 Å². The smallest absolute Gasteiger partial charge is 0.255 e. The zero-order valence-corrected chi connectivity index (χ0v) is 12.4. The molecule has 0 saturated heterocycles. The summed E-state index contributed by atoms with van der Waals surface area (Å²) in [6.07, 6.45) is 3.92. The second-order valence-electron chi connectivity index (χ2n) is 4.21. The van der Waals surface area contributed by atoms with Crippen LogP contribution in [0.4, 0.5) is 0 Å². The van der Waals surface area contributed by atoms with E-state index in [0.717, 1.165) is 10.0 Å². The number of carbonyl (C=O) groups excluding carboxylic acids is 1. The van der Waals surface area contributed by atoms with Gasteiger partial charge in [0.05, 0.1) is 12.7 Å². The minimum atomic E-state index is -0.145. The summed E-state index contributed by atoms with van der Waals surface area (Å²) < 4.78 is 8.03. The van der Waals surface area contributed by atoms with Crippen molar-refractivity contribution in [2.75, 3.05) is 7.11 Å². The third kappa shape index (κ3) is 3.38. The number of hydrogen-bond acceptors (Lipinski definition) is 2. The minimum absolute atomic E-state index is 0.145. The summed E-state index contributed by atoms with van der Waals surface area (Å²) in [4.78, 5) is 12.1. The topological polar surface area (TPSA) is 43.3 Å². The molecule has 2 rings (SSSR count). The van der Waals surface area contributed by atoms with E-state index in [4.69, 9.17) is 4.74 Å². The Morgan fingerprint density at radius 3 is 2.84 bits per heavy atom. The first-order valence-corrected chi connectivity index (χ1v) is 6.62.